The van der Waals surface area contributed by atoms with Crippen molar-refractivity contribution in [3.63, 3.8) is 0 Å². The van der Waals surface area contributed by atoms with Gasteiger partial charge in [-0.1, -0.05) is 11.6 Å². The molecule has 0 aliphatic heterocycles. The summed E-state index contributed by atoms with van der Waals surface area (Å²) in [5.41, 5.74) is 1.88. The summed E-state index contributed by atoms with van der Waals surface area (Å²) in [6, 6.07) is 7.51. The predicted octanol–water partition coefficient (Wildman–Crippen LogP) is 4.37. The molecular formula is C18H22ClNO3S. The highest BCUT2D eigenvalue weighted by atomic mass is 35.5. The van der Waals surface area contributed by atoms with Gasteiger partial charge in [0, 0.05) is 17.3 Å². The number of aryl methyl sites for hydroxylation is 2. The summed E-state index contributed by atoms with van der Waals surface area (Å²) < 4.78 is 11.0. The van der Waals surface area contributed by atoms with E-state index in [2.05, 4.69) is 5.32 Å². The predicted molar refractivity (Wildman–Crippen MR) is 98.9 cm³/mol. The third-order valence-electron chi connectivity index (χ3n) is 3.46. The fourth-order valence-corrected chi connectivity index (χ4v) is 3.05. The maximum absolute atomic E-state index is 12.1. The smallest absolute Gasteiger partial charge is 0.260 e. The van der Waals surface area contributed by atoms with Gasteiger partial charge in [-0.25, -0.2) is 0 Å². The van der Waals surface area contributed by atoms with E-state index >= 15 is 0 Å². The Balaban J connectivity index is 1.72. The van der Waals surface area contributed by atoms with E-state index in [-0.39, 0.29) is 5.91 Å². The zero-order chi connectivity index (χ0) is 17.5. The molecule has 1 aromatic carbocycles. The number of benzene rings is 1. The van der Waals surface area contributed by atoms with Crippen molar-refractivity contribution in [3.8, 4) is 5.75 Å². The lowest BCUT2D eigenvalue weighted by Crippen LogP contribution is -2.37. The topological polar surface area (TPSA) is 51.5 Å². The third-order valence-corrected chi connectivity index (χ3v) is 5.04. The van der Waals surface area contributed by atoms with E-state index in [4.69, 9.17) is 20.8 Å². The Morgan fingerprint density at radius 3 is 2.71 bits per heavy atom. The third kappa shape index (κ3) is 5.49. The molecule has 0 saturated heterocycles. The largest absolute Gasteiger partial charge is 0.481 e. The first-order valence-corrected chi connectivity index (χ1v) is 9.32. The van der Waals surface area contributed by atoms with Crippen LogP contribution in [0.2, 0.25) is 5.02 Å². The summed E-state index contributed by atoms with van der Waals surface area (Å²) in [7, 11) is 0. The summed E-state index contributed by atoms with van der Waals surface area (Å²) in [5, 5.41) is 3.61. The molecule has 24 heavy (non-hydrogen) atoms. The van der Waals surface area contributed by atoms with Crippen molar-refractivity contribution in [2.45, 2.75) is 32.6 Å². The molecular weight excluding hydrogens is 346 g/mol. The van der Waals surface area contributed by atoms with Crippen LogP contribution in [0.25, 0.3) is 0 Å². The van der Waals surface area contributed by atoms with Crippen LogP contribution in [0.3, 0.4) is 0 Å². The average molecular weight is 368 g/mol. The van der Waals surface area contributed by atoms with Gasteiger partial charge in [0.2, 0.25) is 0 Å². The SMILES string of the molecule is Cc1cc(O[C@H](C)C(=O)NCCSCc2ccco2)cc(C)c1Cl. The van der Waals surface area contributed by atoms with Gasteiger partial charge < -0.3 is 14.5 Å². The van der Waals surface area contributed by atoms with Gasteiger partial charge in [-0.3, -0.25) is 4.79 Å². The summed E-state index contributed by atoms with van der Waals surface area (Å²) in [4.78, 5) is 12.1. The van der Waals surface area contributed by atoms with Gasteiger partial charge in [-0.05, 0) is 56.2 Å². The molecule has 0 saturated carbocycles. The van der Waals surface area contributed by atoms with Gasteiger partial charge in [0.1, 0.15) is 11.5 Å². The fraction of sp³-hybridized carbons (Fsp3) is 0.389. The van der Waals surface area contributed by atoms with Gasteiger partial charge in [0.05, 0.1) is 12.0 Å². The van der Waals surface area contributed by atoms with E-state index in [0.717, 1.165) is 33.4 Å². The van der Waals surface area contributed by atoms with Crippen molar-refractivity contribution in [2.75, 3.05) is 12.3 Å². The lowest BCUT2D eigenvalue weighted by atomic mass is 10.1. The first-order valence-electron chi connectivity index (χ1n) is 7.78. The van der Waals surface area contributed by atoms with Gasteiger partial charge in [-0.2, -0.15) is 11.8 Å². The van der Waals surface area contributed by atoms with Crippen molar-refractivity contribution in [2.24, 2.45) is 0 Å². The first-order chi connectivity index (χ1) is 11.5. The van der Waals surface area contributed by atoms with E-state index < -0.39 is 6.10 Å². The van der Waals surface area contributed by atoms with Crippen molar-refractivity contribution in [3.05, 3.63) is 52.4 Å². The molecule has 0 radical (unpaired) electrons. The summed E-state index contributed by atoms with van der Waals surface area (Å²) >= 11 is 7.85. The van der Waals surface area contributed by atoms with Gasteiger partial charge in [0.25, 0.3) is 5.91 Å². The standard InChI is InChI=1S/C18H22ClNO3S/c1-12-9-16(10-13(2)17(12)19)23-14(3)18(21)20-6-8-24-11-15-5-4-7-22-15/h4-5,7,9-10,14H,6,8,11H2,1-3H3,(H,20,21)/t14-/m1/s1. The molecule has 0 spiro atoms. The second-order valence-electron chi connectivity index (χ2n) is 5.55. The zero-order valence-electron chi connectivity index (χ0n) is 14.1. The second kappa shape index (κ2) is 9.04. The molecule has 0 unspecified atom stereocenters. The highest BCUT2D eigenvalue weighted by Gasteiger charge is 2.15. The highest BCUT2D eigenvalue weighted by Crippen LogP contribution is 2.26. The van der Waals surface area contributed by atoms with Gasteiger partial charge in [0.15, 0.2) is 6.10 Å². The Morgan fingerprint density at radius 2 is 2.08 bits per heavy atom. The molecule has 1 amide bonds. The number of ether oxygens (including phenoxy) is 1. The number of nitrogens with one attached hydrogen (secondary N) is 1. The molecule has 0 aliphatic carbocycles. The summed E-state index contributed by atoms with van der Waals surface area (Å²) in [6.45, 7) is 6.17. The maximum Gasteiger partial charge on any atom is 0.260 e. The minimum atomic E-state index is -0.556. The molecule has 6 heteroatoms. The normalized spacial score (nSPS) is 12.0. The van der Waals surface area contributed by atoms with Gasteiger partial charge in [-0.15, -0.1) is 0 Å². The van der Waals surface area contributed by atoms with Gasteiger partial charge >= 0.3 is 0 Å². The lowest BCUT2D eigenvalue weighted by molar-refractivity contribution is -0.127. The van der Waals surface area contributed by atoms with Crippen LogP contribution in [-0.4, -0.2) is 24.3 Å². The second-order valence-corrected chi connectivity index (χ2v) is 7.04. The molecule has 1 atom stereocenters. The van der Waals surface area contributed by atoms with Crippen LogP contribution in [0.5, 0.6) is 5.75 Å². The Labute approximate surface area is 151 Å². The van der Waals surface area contributed by atoms with Crippen LogP contribution in [0.15, 0.2) is 34.9 Å². The molecule has 1 N–H and O–H groups in total. The van der Waals surface area contributed by atoms with Crippen LogP contribution in [0, 0.1) is 13.8 Å². The molecule has 1 heterocycles. The fourth-order valence-electron chi connectivity index (χ4n) is 2.19. The Kier molecular flexibility index (Phi) is 7.06. The van der Waals surface area contributed by atoms with Crippen LogP contribution < -0.4 is 10.1 Å². The number of halogens is 1. The quantitative estimate of drug-likeness (QED) is 0.704. The molecule has 1 aromatic heterocycles. The number of thioether (sulfide) groups is 1. The number of amides is 1. The van der Waals surface area contributed by atoms with E-state index in [9.17, 15) is 4.79 Å². The van der Waals surface area contributed by atoms with Crippen LogP contribution >= 0.6 is 23.4 Å². The van der Waals surface area contributed by atoms with Crippen LogP contribution in [0.4, 0.5) is 0 Å². The molecule has 0 bridgehead atoms. The molecule has 2 aromatic rings. The maximum atomic E-state index is 12.1. The van der Waals surface area contributed by atoms with Crippen molar-refractivity contribution >= 4 is 29.3 Å². The molecule has 0 fully saturated rings. The van der Waals surface area contributed by atoms with Crippen molar-refractivity contribution in [1.29, 1.82) is 0 Å². The number of carbonyl (C=O) groups is 1. The summed E-state index contributed by atoms with van der Waals surface area (Å²) in [6.07, 6.45) is 1.11. The lowest BCUT2D eigenvalue weighted by Gasteiger charge is -2.16. The first kappa shape index (κ1) is 18.7. The van der Waals surface area contributed by atoms with E-state index in [0.29, 0.717) is 12.3 Å². The van der Waals surface area contributed by atoms with Crippen molar-refractivity contribution < 1.29 is 13.9 Å². The zero-order valence-corrected chi connectivity index (χ0v) is 15.7. The number of rotatable bonds is 8. The Bertz CT molecular complexity index is 650. The molecule has 4 nitrogen and oxygen atoms in total. The number of hydrogen-bond donors (Lipinski definition) is 1. The summed E-state index contributed by atoms with van der Waals surface area (Å²) in [5.74, 6) is 3.09. The van der Waals surface area contributed by atoms with Crippen LogP contribution in [-0.2, 0) is 10.5 Å². The number of carbonyl (C=O) groups excluding carboxylic acids is 1. The van der Waals surface area contributed by atoms with E-state index in [1.807, 2.05) is 38.1 Å². The Hall–Kier alpha value is -1.59. The monoisotopic (exact) mass is 367 g/mol. The minimum Gasteiger partial charge on any atom is -0.481 e. The van der Waals surface area contributed by atoms with E-state index in [1.165, 1.54) is 0 Å². The molecule has 0 aliphatic rings. The highest BCUT2D eigenvalue weighted by molar-refractivity contribution is 7.98. The molecule has 2 rings (SSSR count). The molecule has 130 valence electrons. The van der Waals surface area contributed by atoms with E-state index in [1.54, 1.807) is 24.9 Å². The number of furan rings is 1. The van der Waals surface area contributed by atoms with Crippen molar-refractivity contribution in [1.82, 2.24) is 5.32 Å². The number of hydrogen-bond acceptors (Lipinski definition) is 4. The minimum absolute atomic E-state index is 0.126. The van der Waals surface area contributed by atoms with Crippen LogP contribution in [0.1, 0.15) is 23.8 Å². The average Bonchev–Trinajstić information content (AvgIpc) is 3.05. The Morgan fingerprint density at radius 1 is 1.38 bits per heavy atom.